The molecule has 1 amide bonds. The fourth-order valence-corrected chi connectivity index (χ4v) is 1.39. The Bertz CT molecular complexity index is 582. The van der Waals surface area contributed by atoms with Crippen LogP contribution in [0.5, 0.6) is 5.75 Å². The van der Waals surface area contributed by atoms with Crippen LogP contribution in [-0.2, 0) is 4.79 Å². The van der Waals surface area contributed by atoms with Crippen molar-refractivity contribution >= 4 is 5.91 Å². The Morgan fingerprint density at radius 2 is 2.00 bits per heavy atom. The van der Waals surface area contributed by atoms with Gasteiger partial charge in [-0.25, -0.2) is 0 Å². The molecular weight excluding hydrogens is 291 g/mol. The number of hydrogen-bond donors (Lipinski definition) is 1. The predicted molar refractivity (Wildman–Crippen MR) is 64.3 cm³/mol. The molecule has 1 heterocycles. The number of halogens is 3. The summed E-state index contributed by atoms with van der Waals surface area (Å²) in [4.78, 5) is 11.1. The number of hydrogen-bond acceptors (Lipinski definition) is 5. The van der Waals surface area contributed by atoms with Crippen LogP contribution in [0.4, 0.5) is 13.2 Å². The summed E-state index contributed by atoms with van der Waals surface area (Å²) in [5.74, 6) is -0.196. The lowest BCUT2D eigenvalue weighted by molar-refractivity contribution is -0.139. The number of amides is 1. The van der Waals surface area contributed by atoms with Gasteiger partial charge < -0.3 is 14.5 Å². The van der Waals surface area contributed by atoms with Crippen LogP contribution in [-0.4, -0.2) is 35.4 Å². The average Bonchev–Trinajstić information content (AvgIpc) is 2.97. The van der Waals surface area contributed by atoms with Crippen LogP contribution in [0.25, 0.3) is 11.5 Å². The second kappa shape index (κ2) is 6.25. The highest BCUT2D eigenvalue weighted by atomic mass is 19.4. The molecule has 2 aromatic rings. The van der Waals surface area contributed by atoms with E-state index < -0.39 is 25.2 Å². The summed E-state index contributed by atoms with van der Waals surface area (Å²) in [5.41, 5.74) is 0.654. The quantitative estimate of drug-likeness (QED) is 0.911. The predicted octanol–water partition coefficient (Wildman–Crippen LogP) is 1.79. The summed E-state index contributed by atoms with van der Waals surface area (Å²) in [6, 6.07) is 6.32. The molecule has 1 N–H and O–H groups in total. The number of carbonyl (C=O) groups excluding carboxylic acids is 1. The van der Waals surface area contributed by atoms with Crippen LogP contribution < -0.4 is 10.1 Å². The van der Waals surface area contributed by atoms with E-state index in [1.165, 1.54) is 18.5 Å². The van der Waals surface area contributed by atoms with E-state index in [1.54, 1.807) is 17.4 Å². The van der Waals surface area contributed by atoms with Gasteiger partial charge in [-0.1, -0.05) is 0 Å². The standard InChI is InChI=1S/C12H10F3N3O3/c13-12(14,15)6-16-10(19)5-20-9-3-1-8(2-4-9)11-18-17-7-21-11/h1-4,7H,5-6H2,(H,16,19). The highest BCUT2D eigenvalue weighted by Gasteiger charge is 2.27. The highest BCUT2D eigenvalue weighted by Crippen LogP contribution is 2.20. The molecule has 0 spiro atoms. The summed E-state index contributed by atoms with van der Waals surface area (Å²) in [7, 11) is 0. The average molecular weight is 301 g/mol. The third-order valence-corrected chi connectivity index (χ3v) is 2.32. The number of ether oxygens (including phenoxy) is 1. The lowest BCUT2D eigenvalue weighted by atomic mass is 10.2. The van der Waals surface area contributed by atoms with Gasteiger partial charge in [0.25, 0.3) is 5.91 Å². The molecule has 0 bridgehead atoms. The van der Waals surface area contributed by atoms with Crippen molar-refractivity contribution in [1.82, 2.24) is 15.5 Å². The number of benzene rings is 1. The summed E-state index contributed by atoms with van der Waals surface area (Å²) < 4.78 is 45.7. The molecule has 6 nitrogen and oxygen atoms in total. The minimum Gasteiger partial charge on any atom is -0.484 e. The van der Waals surface area contributed by atoms with E-state index in [4.69, 9.17) is 9.15 Å². The smallest absolute Gasteiger partial charge is 0.405 e. The van der Waals surface area contributed by atoms with Crippen molar-refractivity contribution in [1.29, 1.82) is 0 Å². The van der Waals surface area contributed by atoms with E-state index in [0.717, 1.165) is 0 Å². The first kappa shape index (κ1) is 14.8. The monoisotopic (exact) mass is 301 g/mol. The fraction of sp³-hybridized carbons (Fsp3) is 0.250. The molecule has 0 fully saturated rings. The Kier molecular flexibility index (Phi) is 4.41. The molecule has 0 unspecified atom stereocenters. The van der Waals surface area contributed by atoms with Crippen LogP contribution in [0.15, 0.2) is 35.1 Å². The summed E-state index contributed by atoms with van der Waals surface area (Å²) >= 11 is 0. The van der Waals surface area contributed by atoms with Crippen LogP contribution in [0.3, 0.4) is 0 Å². The zero-order valence-electron chi connectivity index (χ0n) is 10.6. The van der Waals surface area contributed by atoms with Gasteiger partial charge in [-0.3, -0.25) is 4.79 Å². The number of nitrogens with one attached hydrogen (secondary N) is 1. The van der Waals surface area contributed by atoms with Crippen LogP contribution in [0, 0.1) is 0 Å². The third-order valence-electron chi connectivity index (χ3n) is 2.32. The Labute approximate surface area is 116 Å². The van der Waals surface area contributed by atoms with Crippen molar-refractivity contribution in [3.8, 4) is 17.2 Å². The van der Waals surface area contributed by atoms with Crippen molar-refractivity contribution in [3.63, 3.8) is 0 Å². The molecule has 0 aliphatic rings. The van der Waals surface area contributed by atoms with Crippen molar-refractivity contribution in [2.24, 2.45) is 0 Å². The summed E-state index contributed by atoms with van der Waals surface area (Å²) in [6.07, 6.45) is -3.26. The SMILES string of the molecule is O=C(COc1ccc(-c2nnco2)cc1)NCC(F)(F)F. The minimum atomic E-state index is -4.44. The van der Waals surface area contributed by atoms with E-state index in [-0.39, 0.29) is 0 Å². The number of nitrogens with zero attached hydrogens (tertiary/aromatic N) is 2. The zero-order valence-corrected chi connectivity index (χ0v) is 10.6. The lowest BCUT2D eigenvalue weighted by Crippen LogP contribution is -2.36. The molecule has 2 rings (SSSR count). The first-order chi connectivity index (χ1) is 9.94. The number of aromatic nitrogens is 2. The second-order valence-electron chi connectivity index (χ2n) is 3.95. The Balaban J connectivity index is 1.82. The third kappa shape index (κ3) is 4.79. The Morgan fingerprint density at radius 1 is 1.29 bits per heavy atom. The first-order valence-corrected chi connectivity index (χ1v) is 5.77. The Hall–Kier alpha value is -2.58. The maximum absolute atomic E-state index is 11.9. The molecule has 9 heteroatoms. The van der Waals surface area contributed by atoms with Gasteiger partial charge in [0.15, 0.2) is 6.61 Å². The zero-order chi connectivity index (χ0) is 15.3. The number of carbonyl (C=O) groups is 1. The van der Waals surface area contributed by atoms with Crippen LogP contribution >= 0.6 is 0 Å². The van der Waals surface area contributed by atoms with Crippen molar-refractivity contribution in [2.75, 3.05) is 13.2 Å². The van der Waals surface area contributed by atoms with Gasteiger partial charge in [0.1, 0.15) is 12.3 Å². The summed E-state index contributed by atoms with van der Waals surface area (Å²) in [5, 5.41) is 8.94. The molecule has 0 aliphatic carbocycles. The number of rotatable bonds is 5. The van der Waals surface area contributed by atoms with E-state index >= 15 is 0 Å². The molecule has 0 radical (unpaired) electrons. The summed E-state index contributed by atoms with van der Waals surface area (Å²) in [6.45, 7) is -1.89. The molecular formula is C12H10F3N3O3. The fourth-order valence-electron chi connectivity index (χ4n) is 1.39. The van der Waals surface area contributed by atoms with Crippen molar-refractivity contribution in [3.05, 3.63) is 30.7 Å². The van der Waals surface area contributed by atoms with Gasteiger partial charge in [-0.05, 0) is 24.3 Å². The minimum absolute atomic E-state index is 0.324. The molecule has 112 valence electrons. The maximum atomic E-state index is 11.9. The topological polar surface area (TPSA) is 77.2 Å². The van der Waals surface area contributed by atoms with E-state index in [1.807, 2.05) is 0 Å². The van der Waals surface area contributed by atoms with Crippen molar-refractivity contribution < 1.29 is 27.1 Å². The van der Waals surface area contributed by atoms with E-state index in [9.17, 15) is 18.0 Å². The molecule has 21 heavy (non-hydrogen) atoms. The second-order valence-corrected chi connectivity index (χ2v) is 3.95. The normalized spacial score (nSPS) is 11.2. The van der Waals surface area contributed by atoms with Gasteiger partial charge in [-0.2, -0.15) is 13.2 Å². The lowest BCUT2D eigenvalue weighted by Gasteiger charge is -2.09. The molecule has 1 aromatic carbocycles. The molecule has 0 aliphatic heterocycles. The van der Waals surface area contributed by atoms with Crippen LogP contribution in [0.1, 0.15) is 0 Å². The van der Waals surface area contributed by atoms with E-state index in [2.05, 4.69) is 10.2 Å². The van der Waals surface area contributed by atoms with Crippen molar-refractivity contribution in [2.45, 2.75) is 6.18 Å². The molecule has 0 saturated carbocycles. The van der Waals surface area contributed by atoms with E-state index in [0.29, 0.717) is 17.2 Å². The Morgan fingerprint density at radius 3 is 2.57 bits per heavy atom. The number of alkyl halides is 3. The van der Waals surface area contributed by atoms with Gasteiger partial charge in [0.2, 0.25) is 12.3 Å². The van der Waals surface area contributed by atoms with Gasteiger partial charge in [0.05, 0.1) is 0 Å². The maximum Gasteiger partial charge on any atom is 0.405 e. The van der Waals surface area contributed by atoms with Gasteiger partial charge >= 0.3 is 6.18 Å². The largest absolute Gasteiger partial charge is 0.484 e. The first-order valence-electron chi connectivity index (χ1n) is 5.77. The van der Waals surface area contributed by atoms with Gasteiger partial charge in [0, 0.05) is 5.56 Å². The van der Waals surface area contributed by atoms with Gasteiger partial charge in [-0.15, -0.1) is 10.2 Å². The highest BCUT2D eigenvalue weighted by molar-refractivity contribution is 5.77. The van der Waals surface area contributed by atoms with Crippen LogP contribution in [0.2, 0.25) is 0 Å². The molecule has 0 atom stereocenters. The molecule has 1 aromatic heterocycles. The molecule has 0 saturated heterocycles.